The number of aromatic amines is 1. The van der Waals surface area contributed by atoms with Crippen LogP contribution in [0.3, 0.4) is 0 Å². The summed E-state index contributed by atoms with van der Waals surface area (Å²) in [6.07, 6.45) is 0.645. The molecule has 2 N–H and O–H groups in total. The first-order valence-corrected chi connectivity index (χ1v) is 5.12. The second kappa shape index (κ2) is 5.29. The highest BCUT2D eigenvalue weighted by Crippen LogP contribution is 2.14. The number of carbonyl (C=O) groups is 2. The third kappa shape index (κ3) is 2.82. The fourth-order valence-corrected chi connectivity index (χ4v) is 1.20. The molecule has 0 saturated carbocycles. The zero-order valence-electron chi connectivity index (χ0n) is 9.59. The lowest BCUT2D eigenvalue weighted by molar-refractivity contribution is -0.114. The summed E-state index contributed by atoms with van der Waals surface area (Å²) >= 11 is 0. The van der Waals surface area contributed by atoms with Crippen molar-refractivity contribution >= 4 is 17.7 Å². The van der Waals surface area contributed by atoms with Gasteiger partial charge in [0.25, 0.3) is 0 Å². The first kappa shape index (κ1) is 12.2. The number of hydrogen-bond acceptors (Lipinski definition) is 4. The van der Waals surface area contributed by atoms with E-state index in [1.165, 1.54) is 6.92 Å². The minimum absolute atomic E-state index is 0.189. The van der Waals surface area contributed by atoms with E-state index in [1.54, 1.807) is 6.92 Å². The molecule has 1 aromatic rings. The molecule has 0 radical (unpaired) electrons. The first-order valence-electron chi connectivity index (χ1n) is 5.12. The van der Waals surface area contributed by atoms with E-state index in [-0.39, 0.29) is 24.0 Å². The second-order valence-corrected chi connectivity index (χ2v) is 3.16. The smallest absolute Gasteiger partial charge is 0.358 e. The molecule has 0 aromatic carbocycles. The Kier molecular flexibility index (Phi) is 4.04. The molecule has 1 rings (SSSR count). The number of H-pyrrole nitrogens is 1. The largest absolute Gasteiger partial charge is 0.461 e. The lowest BCUT2D eigenvalue weighted by Gasteiger charge is -2.01. The first-order chi connectivity index (χ1) is 7.58. The van der Waals surface area contributed by atoms with E-state index in [9.17, 15) is 9.59 Å². The van der Waals surface area contributed by atoms with E-state index in [0.717, 1.165) is 0 Å². The molecule has 1 aromatic heterocycles. The zero-order valence-corrected chi connectivity index (χ0v) is 9.59. The molecule has 0 aliphatic rings. The van der Waals surface area contributed by atoms with Gasteiger partial charge in [0, 0.05) is 13.3 Å². The average molecular weight is 225 g/mol. The van der Waals surface area contributed by atoms with Gasteiger partial charge in [-0.2, -0.15) is 0 Å². The number of aryl methyl sites for hydroxylation is 1. The molecule has 6 nitrogen and oxygen atoms in total. The number of carbonyl (C=O) groups excluding carboxylic acids is 2. The van der Waals surface area contributed by atoms with Gasteiger partial charge in [0.2, 0.25) is 5.91 Å². The lowest BCUT2D eigenvalue weighted by Crippen LogP contribution is -2.12. The maximum atomic E-state index is 11.5. The van der Waals surface area contributed by atoms with Crippen LogP contribution < -0.4 is 5.32 Å². The minimum atomic E-state index is -0.515. The van der Waals surface area contributed by atoms with Gasteiger partial charge in [0.05, 0.1) is 6.61 Å². The number of aromatic nitrogens is 2. The van der Waals surface area contributed by atoms with Crippen molar-refractivity contribution in [3.63, 3.8) is 0 Å². The van der Waals surface area contributed by atoms with E-state index < -0.39 is 5.97 Å². The van der Waals surface area contributed by atoms with Crippen LogP contribution in [0.5, 0.6) is 0 Å². The summed E-state index contributed by atoms with van der Waals surface area (Å²) in [6.45, 7) is 5.24. The fraction of sp³-hybridized carbons (Fsp3) is 0.500. The standard InChI is InChI=1S/C10H15N3O3/c1-4-7-12-8(10(15)16-5-2)9(13-7)11-6(3)14/h4-5H2,1-3H3,(H,11,14)(H,12,13). The predicted molar refractivity (Wildman–Crippen MR) is 58.2 cm³/mol. The average Bonchev–Trinajstić information content (AvgIpc) is 2.60. The minimum Gasteiger partial charge on any atom is -0.461 e. The van der Waals surface area contributed by atoms with Crippen molar-refractivity contribution in [2.24, 2.45) is 0 Å². The molecule has 88 valence electrons. The molecule has 0 saturated heterocycles. The number of amides is 1. The van der Waals surface area contributed by atoms with Crippen LogP contribution in [0, 0.1) is 0 Å². The third-order valence-electron chi connectivity index (χ3n) is 1.86. The van der Waals surface area contributed by atoms with E-state index in [4.69, 9.17) is 4.74 Å². The summed E-state index contributed by atoms with van der Waals surface area (Å²) in [5.74, 6) is 0.0627. The van der Waals surface area contributed by atoms with Gasteiger partial charge >= 0.3 is 5.97 Å². The van der Waals surface area contributed by atoms with Crippen LogP contribution >= 0.6 is 0 Å². The Morgan fingerprint density at radius 3 is 2.62 bits per heavy atom. The monoisotopic (exact) mass is 225 g/mol. The van der Waals surface area contributed by atoms with Gasteiger partial charge in [-0.3, -0.25) is 4.79 Å². The van der Waals surface area contributed by atoms with Crippen LogP contribution in [0.15, 0.2) is 0 Å². The van der Waals surface area contributed by atoms with Gasteiger partial charge in [0.1, 0.15) is 5.82 Å². The predicted octanol–water partition coefficient (Wildman–Crippen LogP) is 1.11. The van der Waals surface area contributed by atoms with E-state index in [0.29, 0.717) is 12.2 Å². The van der Waals surface area contributed by atoms with Gasteiger partial charge in [-0.15, -0.1) is 0 Å². The molecule has 1 amide bonds. The Morgan fingerprint density at radius 2 is 2.12 bits per heavy atom. The van der Waals surface area contributed by atoms with Crippen LogP contribution in [0.4, 0.5) is 5.82 Å². The molecule has 0 aliphatic heterocycles. The summed E-state index contributed by atoms with van der Waals surface area (Å²) in [4.78, 5) is 29.4. The van der Waals surface area contributed by atoms with Crippen molar-refractivity contribution < 1.29 is 14.3 Å². The van der Waals surface area contributed by atoms with Gasteiger partial charge in [-0.1, -0.05) is 6.92 Å². The zero-order chi connectivity index (χ0) is 12.1. The lowest BCUT2D eigenvalue weighted by atomic mass is 10.4. The van der Waals surface area contributed by atoms with Crippen LogP contribution in [-0.4, -0.2) is 28.5 Å². The van der Waals surface area contributed by atoms with Crippen LogP contribution in [-0.2, 0) is 16.0 Å². The molecule has 0 atom stereocenters. The molecule has 0 aliphatic carbocycles. The number of nitrogens with one attached hydrogen (secondary N) is 2. The quantitative estimate of drug-likeness (QED) is 0.752. The summed E-state index contributed by atoms with van der Waals surface area (Å²) in [5.41, 5.74) is 0.189. The van der Waals surface area contributed by atoms with Crippen molar-refractivity contribution in [3.8, 4) is 0 Å². The number of hydrogen-bond donors (Lipinski definition) is 2. The van der Waals surface area contributed by atoms with Crippen LogP contribution in [0.2, 0.25) is 0 Å². The number of ether oxygens (including phenoxy) is 1. The number of imidazole rings is 1. The fourth-order valence-electron chi connectivity index (χ4n) is 1.20. The van der Waals surface area contributed by atoms with E-state index in [2.05, 4.69) is 15.3 Å². The van der Waals surface area contributed by atoms with Crippen molar-refractivity contribution in [1.29, 1.82) is 0 Å². The summed E-state index contributed by atoms with van der Waals surface area (Å²) in [5, 5.41) is 2.49. The normalized spacial score (nSPS) is 9.94. The molecular weight excluding hydrogens is 210 g/mol. The summed E-state index contributed by atoms with van der Waals surface area (Å²) < 4.78 is 4.85. The Labute approximate surface area is 93.4 Å². The molecular formula is C10H15N3O3. The highest BCUT2D eigenvalue weighted by molar-refractivity contribution is 5.98. The molecule has 0 unspecified atom stereocenters. The van der Waals surface area contributed by atoms with Crippen molar-refractivity contribution in [3.05, 3.63) is 11.5 Å². The third-order valence-corrected chi connectivity index (χ3v) is 1.86. The highest BCUT2D eigenvalue weighted by Gasteiger charge is 2.18. The number of rotatable bonds is 4. The maximum Gasteiger partial charge on any atom is 0.358 e. The summed E-state index contributed by atoms with van der Waals surface area (Å²) in [7, 11) is 0. The summed E-state index contributed by atoms with van der Waals surface area (Å²) in [6, 6.07) is 0. The van der Waals surface area contributed by atoms with Gasteiger partial charge in [0.15, 0.2) is 11.5 Å². The number of nitrogens with zero attached hydrogens (tertiary/aromatic N) is 1. The topological polar surface area (TPSA) is 84.1 Å². The molecule has 16 heavy (non-hydrogen) atoms. The Bertz CT molecular complexity index is 398. The van der Waals surface area contributed by atoms with Gasteiger partial charge in [-0.25, -0.2) is 9.78 Å². The highest BCUT2D eigenvalue weighted by atomic mass is 16.5. The van der Waals surface area contributed by atoms with E-state index >= 15 is 0 Å². The van der Waals surface area contributed by atoms with Gasteiger partial charge < -0.3 is 15.0 Å². The second-order valence-electron chi connectivity index (χ2n) is 3.16. The molecule has 0 fully saturated rings. The Morgan fingerprint density at radius 1 is 1.44 bits per heavy atom. The van der Waals surface area contributed by atoms with Crippen molar-refractivity contribution in [1.82, 2.24) is 9.97 Å². The van der Waals surface area contributed by atoms with E-state index in [1.807, 2.05) is 6.92 Å². The maximum absolute atomic E-state index is 11.5. The van der Waals surface area contributed by atoms with Crippen LogP contribution in [0.25, 0.3) is 0 Å². The van der Waals surface area contributed by atoms with Crippen LogP contribution in [0.1, 0.15) is 37.1 Å². The molecule has 0 spiro atoms. The SMILES string of the molecule is CCOC(=O)c1[nH]c(CC)nc1NC(C)=O. The Balaban J connectivity index is 2.99. The van der Waals surface area contributed by atoms with Gasteiger partial charge in [-0.05, 0) is 6.92 Å². The number of anilines is 1. The number of esters is 1. The molecule has 6 heteroatoms. The van der Waals surface area contributed by atoms with Crippen molar-refractivity contribution in [2.45, 2.75) is 27.2 Å². The van der Waals surface area contributed by atoms with Crippen molar-refractivity contribution in [2.75, 3.05) is 11.9 Å². The molecule has 1 heterocycles. The molecule has 0 bridgehead atoms. The Hall–Kier alpha value is -1.85.